The smallest absolute Gasteiger partial charge is 0.184 e. The second-order valence-corrected chi connectivity index (χ2v) is 10.3. The average molecular weight is 243 g/mol. The monoisotopic (exact) mass is 243 g/mol. The third-order valence-corrected chi connectivity index (χ3v) is 4.13. The van der Waals surface area contributed by atoms with Gasteiger partial charge in [0.2, 0.25) is 0 Å². The molecule has 1 heterocycles. The third-order valence-electron chi connectivity index (χ3n) is 2.34. The zero-order valence-corrected chi connectivity index (χ0v) is 12.1. The molecule has 2 unspecified atom stereocenters. The van der Waals surface area contributed by atoms with Crippen molar-refractivity contribution in [1.82, 2.24) is 4.98 Å². The normalized spacial score (nSPS) is 16.3. The van der Waals surface area contributed by atoms with Gasteiger partial charge >= 0.3 is 0 Å². The molecule has 0 aliphatic heterocycles. The van der Waals surface area contributed by atoms with Crippen LogP contribution in [-0.4, -0.2) is 13.3 Å². The summed E-state index contributed by atoms with van der Waals surface area (Å²) in [6.45, 7) is 11.1. The molecule has 0 bridgehead atoms. The maximum absolute atomic E-state index is 6.22. The molecule has 2 atom stereocenters. The van der Waals surface area contributed by atoms with E-state index in [0.29, 0.717) is 5.92 Å². The molecule has 0 saturated heterocycles. The SMILES string of the molecule is CCC(C)C(O[Si](C)(C)C)c1nccs1. The average Bonchev–Trinajstić information content (AvgIpc) is 2.64. The van der Waals surface area contributed by atoms with Crippen LogP contribution in [0.4, 0.5) is 0 Å². The highest BCUT2D eigenvalue weighted by Gasteiger charge is 2.27. The lowest BCUT2D eigenvalue weighted by Crippen LogP contribution is -2.30. The van der Waals surface area contributed by atoms with Gasteiger partial charge < -0.3 is 4.43 Å². The van der Waals surface area contributed by atoms with Crippen molar-refractivity contribution in [3.63, 3.8) is 0 Å². The van der Waals surface area contributed by atoms with Crippen LogP contribution >= 0.6 is 11.3 Å². The fourth-order valence-corrected chi connectivity index (χ4v) is 3.37. The Bertz CT molecular complexity index is 281. The summed E-state index contributed by atoms with van der Waals surface area (Å²) in [5.41, 5.74) is 0. The van der Waals surface area contributed by atoms with Crippen LogP contribution in [0.15, 0.2) is 11.6 Å². The van der Waals surface area contributed by atoms with E-state index in [1.54, 1.807) is 11.3 Å². The number of hydrogen-bond donors (Lipinski definition) is 0. The molecule has 0 aromatic carbocycles. The van der Waals surface area contributed by atoms with E-state index >= 15 is 0 Å². The van der Waals surface area contributed by atoms with Crippen molar-refractivity contribution in [2.24, 2.45) is 5.92 Å². The van der Waals surface area contributed by atoms with Crippen molar-refractivity contribution in [3.8, 4) is 0 Å². The summed E-state index contributed by atoms with van der Waals surface area (Å²) in [5.74, 6) is 0.544. The minimum Gasteiger partial charge on any atom is -0.408 e. The van der Waals surface area contributed by atoms with Gasteiger partial charge in [0.1, 0.15) is 5.01 Å². The van der Waals surface area contributed by atoms with Crippen molar-refractivity contribution in [2.75, 3.05) is 0 Å². The van der Waals surface area contributed by atoms with Crippen LogP contribution in [0.25, 0.3) is 0 Å². The van der Waals surface area contributed by atoms with Gasteiger partial charge in [0, 0.05) is 11.6 Å². The molecule has 0 N–H and O–H groups in total. The molecule has 1 rings (SSSR count). The molecule has 4 heteroatoms. The van der Waals surface area contributed by atoms with E-state index in [-0.39, 0.29) is 6.10 Å². The van der Waals surface area contributed by atoms with Gasteiger partial charge in [-0.2, -0.15) is 0 Å². The lowest BCUT2D eigenvalue weighted by atomic mass is 10.0. The second-order valence-electron chi connectivity index (χ2n) is 4.91. The number of rotatable bonds is 5. The molecule has 0 amide bonds. The molecule has 1 aromatic heterocycles. The van der Waals surface area contributed by atoms with E-state index in [9.17, 15) is 0 Å². The summed E-state index contributed by atoms with van der Waals surface area (Å²) in [7, 11) is -1.49. The summed E-state index contributed by atoms with van der Waals surface area (Å²) in [6, 6.07) is 0. The maximum atomic E-state index is 6.22. The van der Waals surface area contributed by atoms with Crippen LogP contribution in [0.3, 0.4) is 0 Å². The molecule has 1 aromatic rings. The van der Waals surface area contributed by atoms with Gasteiger partial charge in [-0.25, -0.2) is 4.98 Å². The summed E-state index contributed by atoms with van der Waals surface area (Å²) < 4.78 is 6.22. The van der Waals surface area contributed by atoms with Crippen LogP contribution in [-0.2, 0) is 4.43 Å². The highest BCUT2D eigenvalue weighted by molar-refractivity contribution is 7.09. The van der Waals surface area contributed by atoms with Crippen LogP contribution in [0.5, 0.6) is 0 Å². The largest absolute Gasteiger partial charge is 0.408 e. The predicted octanol–water partition coefficient (Wildman–Crippen LogP) is 4.08. The van der Waals surface area contributed by atoms with Crippen molar-refractivity contribution in [1.29, 1.82) is 0 Å². The molecule has 0 saturated carbocycles. The van der Waals surface area contributed by atoms with Gasteiger partial charge in [-0.1, -0.05) is 20.3 Å². The molecule has 15 heavy (non-hydrogen) atoms. The quantitative estimate of drug-likeness (QED) is 0.727. The Balaban J connectivity index is 2.79. The Morgan fingerprint density at radius 1 is 1.47 bits per heavy atom. The molecule has 0 spiro atoms. The molecule has 0 radical (unpaired) electrons. The van der Waals surface area contributed by atoms with Crippen LogP contribution in [0, 0.1) is 5.92 Å². The van der Waals surface area contributed by atoms with E-state index in [1.165, 1.54) is 0 Å². The first-order valence-electron chi connectivity index (χ1n) is 5.51. The lowest BCUT2D eigenvalue weighted by Gasteiger charge is -2.28. The van der Waals surface area contributed by atoms with E-state index < -0.39 is 8.32 Å². The minimum atomic E-state index is -1.49. The molecule has 0 aliphatic rings. The van der Waals surface area contributed by atoms with Crippen molar-refractivity contribution in [2.45, 2.75) is 46.0 Å². The van der Waals surface area contributed by atoms with Gasteiger partial charge in [0.15, 0.2) is 8.32 Å². The molecule has 0 aliphatic carbocycles. The zero-order chi connectivity index (χ0) is 11.5. The molecular formula is C11H21NOSSi. The first-order valence-corrected chi connectivity index (χ1v) is 9.80. The Hall–Kier alpha value is -0.193. The van der Waals surface area contributed by atoms with Gasteiger partial charge in [-0.05, 0) is 25.6 Å². The standard InChI is InChI=1S/C11H21NOSSi/c1-6-9(2)10(13-15(3,4)5)11-12-7-8-14-11/h7-10H,6H2,1-5H3. The van der Waals surface area contributed by atoms with Crippen molar-refractivity contribution >= 4 is 19.7 Å². The fraction of sp³-hybridized carbons (Fsp3) is 0.727. The highest BCUT2D eigenvalue weighted by atomic mass is 32.1. The summed E-state index contributed by atoms with van der Waals surface area (Å²) >= 11 is 1.70. The van der Waals surface area contributed by atoms with E-state index in [4.69, 9.17) is 4.43 Å². The summed E-state index contributed by atoms with van der Waals surface area (Å²) in [4.78, 5) is 4.39. The second kappa shape index (κ2) is 5.23. The highest BCUT2D eigenvalue weighted by Crippen LogP contribution is 2.32. The zero-order valence-electron chi connectivity index (χ0n) is 10.3. The minimum absolute atomic E-state index is 0.196. The van der Waals surface area contributed by atoms with Gasteiger partial charge in [-0.15, -0.1) is 11.3 Å². The predicted molar refractivity (Wildman–Crippen MR) is 68.7 cm³/mol. The molecule has 0 fully saturated rings. The summed E-state index contributed by atoms with van der Waals surface area (Å²) in [5, 5.41) is 3.16. The van der Waals surface area contributed by atoms with Crippen molar-refractivity contribution in [3.05, 3.63) is 16.6 Å². The van der Waals surface area contributed by atoms with Crippen LogP contribution in [0.1, 0.15) is 31.4 Å². The first kappa shape index (κ1) is 12.9. The molecule has 2 nitrogen and oxygen atoms in total. The summed E-state index contributed by atoms with van der Waals surface area (Å²) in [6.07, 6.45) is 3.19. The number of aromatic nitrogens is 1. The number of hydrogen-bond acceptors (Lipinski definition) is 3. The Morgan fingerprint density at radius 3 is 2.53 bits per heavy atom. The first-order chi connectivity index (χ1) is 6.94. The number of nitrogens with zero attached hydrogens (tertiary/aromatic N) is 1. The Kier molecular flexibility index (Phi) is 4.49. The van der Waals surface area contributed by atoms with Crippen LogP contribution in [0.2, 0.25) is 19.6 Å². The van der Waals surface area contributed by atoms with Gasteiger partial charge in [-0.3, -0.25) is 0 Å². The molecular weight excluding hydrogens is 222 g/mol. The van der Waals surface area contributed by atoms with Gasteiger partial charge in [0.05, 0.1) is 6.10 Å². The van der Waals surface area contributed by atoms with Gasteiger partial charge in [0.25, 0.3) is 0 Å². The van der Waals surface area contributed by atoms with E-state index in [2.05, 4.69) is 38.5 Å². The van der Waals surface area contributed by atoms with Crippen molar-refractivity contribution < 1.29 is 4.43 Å². The fourth-order valence-electron chi connectivity index (χ4n) is 1.38. The Labute approximate surface area is 97.8 Å². The lowest BCUT2D eigenvalue weighted by molar-refractivity contribution is 0.134. The number of thiazole rings is 1. The Morgan fingerprint density at radius 2 is 2.13 bits per heavy atom. The maximum Gasteiger partial charge on any atom is 0.184 e. The topological polar surface area (TPSA) is 22.1 Å². The third kappa shape index (κ3) is 4.05. The molecule has 86 valence electrons. The van der Waals surface area contributed by atoms with E-state index in [1.807, 2.05) is 11.6 Å². The van der Waals surface area contributed by atoms with E-state index in [0.717, 1.165) is 11.4 Å². The van der Waals surface area contributed by atoms with Crippen LogP contribution < -0.4 is 0 Å².